The number of aliphatic carboxylic acids is 1. The molecule has 0 bridgehead atoms. The second-order valence-corrected chi connectivity index (χ2v) is 2.36. The van der Waals surface area contributed by atoms with Crippen LogP contribution in [0.2, 0.25) is 0 Å². The van der Waals surface area contributed by atoms with Crippen molar-refractivity contribution in [3.8, 4) is 0 Å². The summed E-state index contributed by atoms with van der Waals surface area (Å²) >= 11 is 0. The van der Waals surface area contributed by atoms with E-state index < -0.39 is 18.2 Å². The summed E-state index contributed by atoms with van der Waals surface area (Å²) in [6.07, 6.45) is -1.36. The monoisotopic (exact) mass is 161 g/mol. The van der Waals surface area contributed by atoms with Gasteiger partial charge in [0.2, 0.25) is 5.91 Å². The molecule has 4 nitrogen and oxygen atoms in total. The van der Waals surface area contributed by atoms with Crippen molar-refractivity contribution in [2.24, 2.45) is 0 Å². The Morgan fingerprint density at radius 2 is 2.36 bits per heavy atom. The molecular formula is C6H8FNO3. The van der Waals surface area contributed by atoms with Crippen LogP contribution >= 0.6 is 0 Å². The second-order valence-electron chi connectivity index (χ2n) is 2.36. The average molecular weight is 161 g/mol. The maximum atomic E-state index is 12.6. The zero-order chi connectivity index (χ0) is 8.43. The van der Waals surface area contributed by atoms with Gasteiger partial charge in [-0.3, -0.25) is 4.79 Å². The molecule has 5 heteroatoms. The van der Waals surface area contributed by atoms with Crippen LogP contribution in [0.5, 0.6) is 0 Å². The Balaban J connectivity index is 2.59. The fourth-order valence-electron chi connectivity index (χ4n) is 1.04. The Kier molecular flexibility index (Phi) is 2.07. The van der Waals surface area contributed by atoms with E-state index in [9.17, 15) is 14.0 Å². The molecule has 0 aromatic rings. The number of amides is 1. The van der Waals surface area contributed by atoms with Gasteiger partial charge in [0.05, 0.1) is 0 Å². The standard InChI is InChI=1S/C6H8FNO3/c7-5(6(10)11)8-3-1-2-4(8)9/h5H,1-3H2,(H,10,11). The smallest absolute Gasteiger partial charge is 0.359 e. The van der Waals surface area contributed by atoms with Crippen molar-refractivity contribution in [2.75, 3.05) is 6.54 Å². The summed E-state index contributed by atoms with van der Waals surface area (Å²) in [7, 11) is 0. The lowest BCUT2D eigenvalue weighted by molar-refractivity contribution is -0.155. The van der Waals surface area contributed by atoms with E-state index in [-0.39, 0.29) is 13.0 Å². The SMILES string of the molecule is O=C(O)C(F)N1CCCC1=O. The van der Waals surface area contributed by atoms with Gasteiger partial charge < -0.3 is 10.0 Å². The van der Waals surface area contributed by atoms with Gasteiger partial charge in [0.15, 0.2) is 0 Å². The predicted molar refractivity (Wildman–Crippen MR) is 33.5 cm³/mol. The maximum Gasteiger partial charge on any atom is 0.359 e. The molecule has 0 spiro atoms. The van der Waals surface area contributed by atoms with E-state index in [2.05, 4.69) is 0 Å². The summed E-state index contributed by atoms with van der Waals surface area (Å²) in [6.45, 7) is 0.215. The van der Waals surface area contributed by atoms with Crippen molar-refractivity contribution < 1.29 is 19.1 Å². The molecule has 1 fully saturated rings. The van der Waals surface area contributed by atoms with Gasteiger partial charge in [0, 0.05) is 13.0 Å². The third kappa shape index (κ3) is 1.47. The van der Waals surface area contributed by atoms with Crippen LogP contribution in [0.1, 0.15) is 12.8 Å². The molecule has 0 aromatic heterocycles. The number of likely N-dealkylation sites (tertiary alicyclic amines) is 1. The van der Waals surface area contributed by atoms with E-state index in [1.165, 1.54) is 0 Å². The van der Waals surface area contributed by atoms with Crippen molar-refractivity contribution in [3.63, 3.8) is 0 Å². The van der Waals surface area contributed by atoms with Crippen LogP contribution in [0.25, 0.3) is 0 Å². The van der Waals surface area contributed by atoms with Gasteiger partial charge in [0.1, 0.15) is 0 Å². The molecule has 1 rings (SSSR count). The first-order valence-electron chi connectivity index (χ1n) is 3.29. The number of rotatable bonds is 2. The zero-order valence-electron chi connectivity index (χ0n) is 5.79. The Morgan fingerprint density at radius 1 is 1.73 bits per heavy atom. The van der Waals surface area contributed by atoms with E-state index in [1.54, 1.807) is 0 Å². The van der Waals surface area contributed by atoms with Crippen LogP contribution in [0, 0.1) is 0 Å². The van der Waals surface area contributed by atoms with Crippen molar-refractivity contribution in [3.05, 3.63) is 0 Å². The molecule has 0 aromatic carbocycles. The van der Waals surface area contributed by atoms with E-state index in [0.29, 0.717) is 6.42 Å². The number of hydrogen-bond donors (Lipinski definition) is 1. The number of nitrogens with zero attached hydrogens (tertiary/aromatic N) is 1. The molecule has 1 saturated heterocycles. The first kappa shape index (κ1) is 7.97. The Hall–Kier alpha value is -1.13. The molecule has 11 heavy (non-hydrogen) atoms. The minimum absolute atomic E-state index is 0.215. The highest BCUT2D eigenvalue weighted by molar-refractivity contribution is 5.83. The summed E-state index contributed by atoms with van der Waals surface area (Å²) < 4.78 is 12.6. The van der Waals surface area contributed by atoms with E-state index in [4.69, 9.17) is 5.11 Å². The first-order valence-corrected chi connectivity index (χ1v) is 3.29. The number of carbonyl (C=O) groups excluding carboxylic acids is 1. The fraction of sp³-hybridized carbons (Fsp3) is 0.667. The molecule has 1 aliphatic heterocycles. The van der Waals surface area contributed by atoms with Crippen molar-refractivity contribution >= 4 is 11.9 Å². The average Bonchev–Trinajstić information content (AvgIpc) is 2.33. The number of carbonyl (C=O) groups is 2. The summed E-state index contributed by atoms with van der Waals surface area (Å²) in [5.41, 5.74) is 0. The largest absolute Gasteiger partial charge is 0.478 e. The molecule has 1 N–H and O–H groups in total. The number of carboxylic acids is 1. The van der Waals surface area contributed by atoms with Crippen molar-refractivity contribution in [1.29, 1.82) is 0 Å². The van der Waals surface area contributed by atoms with Crippen LogP contribution in [0.4, 0.5) is 4.39 Å². The third-order valence-electron chi connectivity index (χ3n) is 1.59. The lowest BCUT2D eigenvalue weighted by Crippen LogP contribution is -2.38. The molecule has 1 atom stereocenters. The summed E-state index contributed by atoms with van der Waals surface area (Å²) in [5, 5.41) is 8.19. The lowest BCUT2D eigenvalue weighted by atomic mass is 10.4. The highest BCUT2D eigenvalue weighted by atomic mass is 19.1. The van der Waals surface area contributed by atoms with Crippen molar-refractivity contribution in [2.45, 2.75) is 19.1 Å². The Bertz CT molecular complexity index is 194. The molecule has 1 heterocycles. The van der Waals surface area contributed by atoms with Crippen molar-refractivity contribution in [1.82, 2.24) is 4.90 Å². The van der Waals surface area contributed by atoms with E-state index in [1.807, 2.05) is 0 Å². The number of hydrogen-bond acceptors (Lipinski definition) is 2. The number of carboxylic acid groups (broad SMARTS) is 1. The van der Waals surface area contributed by atoms with Gasteiger partial charge >= 0.3 is 5.97 Å². The lowest BCUT2D eigenvalue weighted by Gasteiger charge is -2.16. The molecule has 0 radical (unpaired) electrons. The fourth-order valence-corrected chi connectivity index (χ4v) is 1.04. The summed E-state index contributed by atoms with van der Waals surface area (Å²) in [6, 6.07) is 0. The molecule has 1 unspecified atom stereocenters. The van der Waals surface area contributed by atoms with Gasteiger partial charge in [-0.05, 0) is 6.42 Å². The quantitative estimate of drug-likeness (QED) is 0.579. The Labute approximate surface area is 62.6 Å². The first-order chi connectivity index (χ1) is 5.13. The molecule has 1 amide bonds. The molecule has 0 saturated carbocycles. The van der Waals surface area contributed by atoms with Crippen LogP contribution in [0.15, 0.2) is 0 Å². The summed E-state index contributed by atoms with van der Waals surface area (Å²) in [5.74, 6) is -2.01. The molecule has 1 aliphatic rings. The minimum atomic E-state index is -2.16. The minimum Gasteiger partial charge on any atom is -0.478 e. The molecule has 62 valence electrons. The van der Waals surface area contributed by atoms with Gasteiger partial charge in [-0.15, -0.1) is 0 Å². The zero-order valence-corrected chi connectivity index (χ0v) is 5.79. The van der Waals surface area contributed by atoms with Crippen LogP contribution < -0.4 is 0 Å². The Morgan fingerprint density at radius 3 is 2.73 bits per heavy atom. The predicted octanol–water partition coefficient (Wildman–Crippen LogP) is -0.0110. The highest BCUT2D eigenvalue weighted by Crippen LogP contribution is 2.14. The van der Waals surface area contributed by atoms with E-state index in [0.717, 1.165) is 4.90 Å². The summed E-state index contributed by atoms with van der Waals surface area (Å²) in [4.78, 5) is 21.5. The molecule has 0 aliphatic carbocycles. The number of alkyl halides is 1. The topological polar surface area (TPSA) is 57.6 Å². The second kappa shape index (κ2) is 2.86. The third-order valence-corrected chi connectivity index (χ3v) is 1.59. The van der Waals surface area contributed by atoms with Crippen LogP contribution in [-0.4, -0.2) is 34.7 Å². The van der Waals surface area contributed by atoms with Gasteiger partial charge in [0.25, 0.3) is 6.30 Å². The highest BCUT2D eigenvalue weighted by Gasteiger charge is 2.32. The maximum absolute atomic E-state index is 12.6. The van der Waals surface area contributed by atoms with Crippen LogP contribution in [0.3, 0.4) is 0 Å². The number of halogens is 1. The normalized spacial score (nSPS) is 20.5. The molecular weight excluding hydrogens is 153 g/mol. The van der Waals surface area contributed by atoms with Gasteiger partial charge in [-0.2, -0.15) is 0 Å². The van der Waals surface area contributed by atoms with E-state index >= 15 is 0 Å². The van der Waals surface area contributed by atoms with Gasteiger partial charge in [-0.1, -0.05) is 0 Å². The van der Waals surface area contributed by atoms with Gasteiger partial charge in [-0.25, -0.2) is 9.18 Å². The van der Waals surface area contributed by atoms with Crippen LogP contribution in [-0.2, 0) is 9.59 Å².